The molecule has 7 heteroatoms. The molecule has 4 rings (SSSR count). The van der Waals surface area contributed by atoms with Crippen molar-refractivity contribution < 1.29 is 9.15 Å². The molecule has 0 unspecified atom stereocenters. The lowest BCUT2D eigenvalue weighted by Gasteiger charge is -2.05. The summed E-state index contributed by atoms with van der Waals surface area (Å²) in [5.41, 5.74) is 2.07. The topological polar surface area (TPSA) is 81.0 Å². The number of hydrogen-bond acceptors (Lipinski definition) is 5. The highest BCUT2D eigenvalue weighted by Crippen LogP contribution is 2.31. The van der Waals surface area contributed by atoms with Gasteiger partial charge in [-0.2, -0.15) is 0 Å². The zero-order valence-electron chi connectivity index (χ0n) is 10.8. The first-order chi connectivity index (χ1) is 10.2. The van der Waals surface area contributed by atoms with Crippen molar-refractivity contribution in [3.8, 4) is 17.1 Å². The van der Waals surface area contributed by atoms with Crippen molar-refractivity contribution in [1.29, 1.82) is 0 Å². The minimum atomic E-state index is -0.555. The molecule has 0 spiro atoms. The number of fused-ring (bicyclic) bond motifs is 1. The molecular weight excluding hydrogens is 294 g/mol. The first-order valence-electron chi connectivity index (χ1n) is 6.51. The van der Waals surface area contributed by atoms with E-state index in [-0.39, 0.29) is 6.10 Å². The average Bonchev–Trinajstić information content (AvgIpc) is 3.20. The second-order valence-corrected chi connectivity index (χ2v) is 5.28. The third kappa shape index (κ3) is 2.27. The summed E-state index contributed by atoms with van der Waals surface area (Å²) in [4.78, 5) is 22.5. The summed E-state index contributed by atoms with van der Waals surface area (Å²) in [6.07, 6.45) is 5.56. The Hall–Kier alpha value is -2.34. The standard InChI is InChI=1S/C14H10ClN3O3/c15-9-4-3-8(13-12(9)18-14(19)21-13)10-5-17-11(6-16-10)20-7-1-2-7/h3-7H,1-2H2,(H,18,19). The van der Waals surface area contributed by atoms with Crippen molar-refractivity contribution in [3.05, 3.63) is 40.1 Å². The summed E-state index contributed by atoms with van der Waals surface area (Å²) >= 11 is 6.03. The maximum absolute atomic E-state index is 11.4. The summed E-state index contributed by atoms with van der Waals surface area (Å²) in [5, 5.41) is 0.418. The van der Waals surface area contributed by atoms with Crippen molar-refractivity contribution in [2.45, 2.75) is 18.9 Å². The second-order valence-electron chi connectivity index (χ2n) is 4.87. The summed E-state index contributed by atoms with van der Waals surface area (Å²) < 4.78 is 10.7. The van der Waals surface area contributed by atoms with E-state index in [4.69, 9.17) is 20.8 Å². The Morgan fingerprint density at radius 3 is 2.86 bits per heavy atom. The SMILES string of the molecule is O=c1[nH]c2c(Cl)ccc(-c3cnc(OC4CC4)cn3)c2o1. The number of aromatic amines is 1. The molecule has 21 heavy (non-hydrogen) atoms. The molecule has 0 atom stereocenters. The summed E-state index contributed by atoms with van der Waals surface area (Å²) in [7, 11) is 0. The number of benzene rings is 1. The van der Waals surface area contributed by atoms with Gasteiger partial charge in [0.2, 0.25) is 5.88 Å². The van der Waals surface area contributed by atoms with E-state index in [0.717, 1.165) is 12.8 Å². The molecule has 0 amide bonds. The third-order valence-corrected chi connectivity index (χ3v) is 3.56. The highest BCUT2D eigenvalue weighted by Gasteiger charge is 2.24. The first kappa shape index (κ1) is 12.4. The van der Waals surface area contributed by atoms with Gasteiger partial charge in [-0.1, -0.05) is 11.6 Å². The molecule has 6 nitrogen and oxygen atoms in total. The van der Waals surface area contributed by atoms with Gasteiger partial charge in [-0.05, 0) is 25.0 Å². The lowest BCUT2D eigenvalue weighted by atomic mass is 10.1. The van der Waals surface area contributed by atoms with Crippen LogP contribution in [0.15, 0.2) is 33.7 Å². The molecule has 1 aromatic carbocycles. The predicted octanol–water partition coefficient (Wildman–Crippen LogP) is 2.77. The summed E-state index contributed by atoms with van der Waals surface area (Å²) in [5.74, 6) is -0.0528. The number of H-pyrrole nitrogens is 1. The van der Waals surface area contributed by atoms with Crippen LogP contribution in [0, 0.1) is 0 Å². The van der Waals surface area contributed by atoms with E-state index in [9.17, 15) is 4.79 Å². The van der Waals surface area contributed by atoms with Crippen LogP contribution < -0.4 is 10.5 Å². The number of hydrogen-bond donors (Lipinski definition) is 1. The van der Waals surface area contributed by atoms with Crippen molar-refractivity contribution in [2.75, 3.05) is 0 Å². The molecule has 1 aliphatic carbocycles. The molecule has 0 aliphatic heterocycles. The largest absolute Gasteiger partial charge is 0.473 e. The van der Waals surface area contributed by atoms with E-state index in [1.165, 1.54) is 0 Å². The minimum absolute atomic E-state index is 0.273. The van der Waals surface area contributed by atoms with Crippen molar-refractivity contribution in [2.24, 2.45) is 0 Å². The maximum atomic E-state index is 11.4. The average molecular weight is 304 g/mol. The number of nitrogens with one attached hydrogen (secondary N) is 1. The Bertz CT molecular complexity index is 865. The van der Waals surface area contributed by atoms with E-state index in [2.05, 4.69) is 15.0 Å². The highest BCUT2D eigenvalue weighted by atomic mass is 35.5. The van der Waals surface area contributed by atoms with Crippen LogP contribution in [0.2, 0.25) is 5.02 Å². The van der Waals surface area contributed by atoms with Gasteiger partial charge in [0.15, 0.2) is 5.58 Å². The number of ether oxygens (including phenoxy) is 1. The number of rotatable bonds is 3. The highest BCUT2D eigenvalue weighted by molar-refractivity contribution is 6.35. The summed E-state index contributed by atoms with van der Waals surface area (Å²) in [6, 6.07) is 3.42. The molecule has 3 aromatic rings. The Balaban J connectivity index is 1.78. The normalized spacial score (nSPS) is 14.5. The molecule has 2 aromatic heterocycles. The van der Waals surface area contributed by atoms with Crippen LogP contribution in [0.3, 0.4) is 0 Å². The molecular formula is C14H10ClN3O3. The van der Waals surface area contributed by atoms with Gasteiger partial charge < -0.3 is 9.15 Å². The molecule has 1 saturated carbocycles. The molecule has 1 N–H and O–H groups in total. The van der Waals surface area contributed by atoms with E-state index in [1.807, 2.05) is 0 Å². The molecule has 1 fully saturated rings. The van der Waals surface area contributed by atoms with Crippen LogP contribution in [0.4, 0.5) is 0 Å². The monoisotopic (exact) mass is 303 g/mol. The van der Waals surface area contributed by atoms with Crippen molar-refractivity contribution in [1.82, 2.24) is 15.0 Å². The van der Waals surface area contributed by atoms with Crippen molar-refractivity contribution in [3.63, 3.8) is 0 Å². The van der Waals surface area contributed by atoms with Gasteiger partial charge in [0.05, 0.1) is 23.1 Å². The van der Waals surface area contributed by atoms with Crippen LogP contribution >= 0.6 is 11.6 Å². The third-order valence-electron chi connectivity index (χ3n) is 3.24. The lowest BCUT2D eigenvalue weighted by molar-refractivity contribution is 0.290. The fourth-order valence-corrected chi connectivity index (χ4v) is 2.27. The molecule has 106 valence electrons. The Kier molecular flexibility index (Phi) is 2.71. The van der Waals surface area contributed by atoms with E-state index in [0.29, 0.717) is 33.3 Å². The van der Waals surface area contributed by atoms with Gasteiger partial charge in [0.1, 0.15) is 11.6 Å². The van der Waals surface area contributed by atoms with Crippen molar-refractivity contribution >= 4 is 22.7 Å². The molecule has 2 heterocycles. The molecule has 0 bridgehead atoms. The number of aromatic nitrogens is 3. The minimum Gasteiger partial charge on any atom is -0.473 e. The van der Waals surface area contributed by atoms with E-state index < -0.39 is 5.76 Å². The number of nitrogens with zero attached hydrogens (tertiary/aromatic N) is 2. The molecule has 1 aliphatic rings. The van der Waals surface area contributed by atoms with Gasteiger partial charge in [-0.3, -0.25) is 4.98 Å². The lowest BCUT2D eigenvalue weighted by Crippen LogP contribution is -1.99. The van der Waals surface area contributed by atoms with Gasteiger partial charge in [0.25, 0.3) is 0 Å². The number of halogens is 1. The van der Waals surface area contributed by atoms with Crippen LogP contribution in [0.5, 0.6) is 5.88 Å². The van der Waals surface area contributed by atoms with Gasteiger partial charge in [-0.15, -0.1) is 0 Å². The van der Waals surface area contributed by atoms with Crippen LogP contribution in [0.25, 0.3) is 22.4 Å². The summed E-state index contributed by atoms with van der Waals surface area (Å²) in [6.45, 7) is 0. The Morgan fingerprint density at radius 1 is 1.29 bits per heavy atom. The first-order valence-corrected chi connectivity index (χ1v) is 6.89. The molecule has 0 saturated heterocycles. The smallest absolute Gasteiger partial charge is 0.417 e. The van der Waals surface area contributed by atoms with Gasteiger partial charge >= 0.3 is 5.76 Å². The van der Waals surface area contributed by atoms with E-state index in [1.54, 1.807) is 24.5 Å². The van der Waals surface area contributed by atoms with Gasteiger partial charge in [0, 0.05) is 5.56 Å². The van der Waals surface area contributed by atoms with Gasteiger partial charge in [-0.25, -0.2) is 14.8 Å². The van der Waals surface area contributed by atoms with Crippen LogP contribution in [0.1, 0.15) is 12.8 Å². The quantitative estimate of drug-likeness (QED) is 0.804. The maximum Gasteiger partial charge on any atom is 0.417 e. The zero-order chi connectivity index (χ0) is 14.4. The number of oxazole rings is 1. The fraction of sp³-hybridized carbons (Fsp3) is 0.214. The molecule has 0 radical (unpaired) electrons. The van der Waals surface area contributed by atoms with Crippen LogP contribution in [-0.2, 0) is 0 Å². The Morgan fingerprint density at radius 2 is 2.14 bits per heavy atom. The van der Waals surface area contributed by atoms with Crippen LogP contribution in [-0.4, -0.2) is 21.1 Å². The second kappa shape index (κ2) is 4.60. The fourth-order valence-electron chi connectivity index (χ4n) is 2.08. The Labute approximate surface area is 123 Å². The zero-order valence-corrected chi connectivity index (χ0v) is 11.6. The predicted molar refractivity (Wildman–Crippen MR) is 76.5 cm³/mol. The van der Waals surface area contributed by atoms with E-state index >= 15 is 0 Å².